The third-order valence-electron chi connectivity index (χ3n) is 3.83. The van der Waals surface area contributed by atoms with Crippen LogP contribution < -0.4 is 0 Å². The van der Waals surface area contributed by atoms with Gasteiger partial charge in [-0.15, -0.1) is 4.48 Å². The number of phosphoric acid groups is 1. The largest absolute Gasteiger partial charge is 0.466 e. The average molecular weight is 460 g/mol. The summed E-state index contributed by atoms with van der Waals surface area (Å²) < 4.78 is 82.0. The molecule has 1 fully saturated rings. The van der Waals surface area contributed by atoms with Gasteiger partial charge in [0.05, 0.1) is 6.67 Å². The molecule has 0 aromatic heterocycles. The molecule has 15 heteroatoms. The molecule has 0 aromatic carbocycles. The molecule has 3 N–H and O–H groups in total. The van der Waals surface area contributed by atoms with Crippen molar-refractivity contribution in [2.24, 2.45) is 0 Å². The van der Waals surface area contributed by atoms with Crippen LogP contribution in [0.25, 0.3) is 0 Å². The third kappa shape index (κ3) is 9.53. The molecule has 1 atom stereocenters. The zero-order valence-corrected chi connectivity index (χ0v) is 17.1. The summed E-state index contributed by atoms with van der Waals surface area (Å²) in [6, 6.07) is -4.52. The molecule has 29 heavy (non-hydrogen) atoms. The van der Waals surface area contributed by atoms with Gasteiger partial charge in [0.1, 0.15) is 0 Å². The van der Waals surface area contributed by atoms with Gasteiger partial charge in [0.15, 0.2) is 0 Å². The Morgan fingerprint density at radius 2 is 1.59 bits per heavy atom. The van der Waals surface area contributed by atoms with Crippen LogP contribution in [0.1, 0.15) is 32.6 Å². The fourth-order valence-corrected chi connectivity index (χ4v) is 2.23. The van der Waals surface area contributed by atoms with Crippen molar-refractivity contribution in [3.05, 3.63) is 12.4 Å². The van der Waals surface area contributed by atoms with Crippen LogP contribution in [0.4, 0.5) is 26.4 Å². The van der Waals surface area contributed by atoms with Crippen LogP contribution in [-0.4, -0.2) is 80.3 Å². The van der Waals surface area contributed by atoms with E-state index in [0.29, 0.717) is 0 Å². The van der Waals surface area contributed by atoms with E-state index in [0.717, 1.165) is 6.67 Å². The Kier molecular flexibility index (Phi) is 11.0. The fourth-order valence-electron chi connectivity index (χ4n) is 2.23. The number of hydrogen-bond donors (Lipinski definition) is 3. The summed E-state index contributed by atoms with van der Waals surface area (Å²) in [7, 11) is -2.30. The molecule has 2 aliphatic heterocycles. The number of halogens is 6. The Morgan fingerprint density at radius 1 is 1.07 bits per heavy atom. The predicted molar refractivity (Wildman–Crippen MR) is 92.4 cm³/mol. The first-order valence-corrected chi connectivity index (χ1v) is 10.1. The maximum Gasteiger partial charge on any atom is 0.466 e. The second-order valence-electron chi connectivity index (χ2n) is 6.39. The summed E-state index contributed by atoms with van der Waals surface area (Å²) >= 11 is 0. The minimum Gasteiger partial charge on any atom is -0.362 e. The van der Waals surface area contributed by atoms with Crippen molar-refractivity contribution in [2.75, 3.05) is 27.3 Å². The van der Waals surface area contributed by atoms with Crippen molar-refractivity contribution in [3.63, 3.8) is 0 Å². The maximum absolute atomic E-state index is 12.3. The summed E-state index contributed by atoms with van der Waals surface area (Å²) in [5, 5.41) is -1.81. The lowest BCUT2D eigenvalue weighted by Crippen LogP contribution is -2.45. The summed E-state index contributed by atoms with van der Waals surface area (Å²) in [5.74, 6) is 0. The second kappa shape index (κ2) is 11.4. The summed E-state index contributed by atoms with van der Waals surface area (Å²) in [5.41, 5.74) is 0. The quantitative estimate of drug-likeness (QED) is 0.190. The molecule has 0 saturated carbocycles. The van der Waals surface area contributed by atoms with E-state index in [4.69, 9.17) is 19.2 Å². The molecule has 0 amide bonds. The van der Waals surface area contributed by atoms with Crippen molar-refractivity contribution in [3.8, 4) is 0 Å². The Morgan fingerprint density at radius 3 is 1.86 bits per heavy atom. The number of rotatable bonds is 5. The van der Waals surface area contributed by atoms with Crippen molar-refractivity contribution in [1.82, 2.24) is 19.8 Å². The smallest absolute Gasteiger partial charge is 0.362 e. The van der Waals surface area contributed by atoms with Gasteiger partial charge >= 0.3 is 20.0 Å². The summed E-state index contributed by atoms with van der Waals surface area (Å²) in [4.78, 5) is 25.2. The molecule has 1 saturated heterocycles. The van der Waals surface area contributed by atoms with Crippen LogP contribution in [-0.2, 0) is 4.57 Å². The molecule has 2 heterocycles. The second-order valence-corrected chi connectivity index (χ2v) is 7.41. The van der Waals surface area contributed by atoms with E-state index in [1.165, 1.54) is 32.2 Å². The minimum atomic E-state index is -4.64. The van der Waals surface area contributed by atoms with Gasteiger partial charge in [-0.05, 0) is 18.6 Å². The zero-order chi connectivity index (χ0) is 23.0. The SMILES string of the molecule is CCCCCCN1C=CN(C)C1.CN1C(F)(F)C(F)N(F)C1(F)F.O=P(O)(O)O. The van der Waals surface area contributed by atoms with Gasteiger partial charge < -0.3 is 24.5 Å². The topological polar surface area (TPSA) is 90.7 Å². The molecular weight excluding hydrogens is 433 g/mol. The molecule has 0 bridgehead atoms. The van der Waals surface area contributed by atoms with E-state index < -0.39 is 36.4 Å². The van der Waals surface area contributed by atoms with Crippen LogP contribution >= 0.6 is 7.82 Å². The van der Waals surface area contributed by atoms with Gasteiger partial charge in [-0.3, -0.25) is 0 Å². The van der Waals surface area contributed by atoms with Gasteiger partial charge in [0.2, 0.25) is 0 Å². The molecule has 0 aliphatic carbocycles. The highest BCUT2D eigenvalue weighted by atomic mass is 31.2. The number of alkyl halides is 5. The van der Waals surface area contributed by atoms with Gasteiger partial charge in [0.25, 0.3) is 6.30 Å². The first-order chi connectivity index (χ1) is 13.0. The van der Waals surface area contributed by atoms with Crippen LogP contribution in [0.2, 0.25) is 0 Å². The van der Waals surface area contributed by atoms with Gasteiger partial charge in [-0.25, -0.2) is 8.96 Å². The van der Waals surface area contributed by atoms with E-state index in [2.05, 4.69) is 36.2 Å². The lowest BCUT2D eigenvalue weighted by Gasteiger charge is -2.21. The Balaban J connectivity index is 0.000000442. The Hall–Kier alpha value is -1.05. The molecular formula is C14H27F6N4O4P. The molecule has 0 spiro atoms. The Bertz CT molecular complexity index is 540. The molecule has 174 valence electrons. The standard InChI is InChI=1S/C10H20N2.C4H4F6N2.H3O4P/c1-3-4-5-6-7-12-9-8-11(2)10-12;1-11-3(6,7)2(5)12(10)4(11,8)9;1-5(2,3)4/h8-9H,3-7,10H2,1-2H3;2H,1H3;(H3,1,2,3,4). The lowest BCUT2D eigenvalue weighted by atomic mass is 10.2. The fraction of sp³-hybridized carbons (Fsp3) is 0.857. The molecule has 8 nitrogen and oxygen atoms in total. The first kappa shape index (κ1) is 27.9. The third-order valence-corrected chi connectivity index (χ3v) is 3.83. The molecule has 2 aliphatic rings. The molecule has 2 rings (SSSR count). The summed E-state index contributed by atoms with van der Waals surface area (Å²) in [6.45, 7) is 4.55. The van der Waals surface area contributed by atoms with E-state index in [1.807, 2.05) is 0 Å². The van der Waals surface area contributed by atoms with Crippen molar-refractivity contribution in [1.29, 1.82) is 0 Å². The number of unbranched alkanes of at least 4 members (excludes halogenated alkanes) is 3. The van der Waals surface area contributed by atoms with Gasteiger partial charge in [0, 0.05) is 26.0 Å². The minimum absolute atomic E-state index is 0.228. The lowest BCUT2D eigenvalue weighted by molar-refractivity contribution is -0.293. The average Bonchev–Trinajstić information content (AvgIpc) is 3.04. The van der Waals surface area contributed by atoms with Crippen LogP contribution in [0.5, 0.6) is 0 Å². The highest BCUT2D eigenvalue weighted by molar-refractivity contribution is 7.45. The number of hydrogen-bond acceptors (Lipinski definition) is 5. The predicted octanol–water partition coefficient (Wildman–Crippen LogP) is 2.87. The van der Waals surface area contributed by atoms with Crippen molar-refractivity contribution >= 4 is 7.82 Å². The van der Waals surface area contributed by atoms with Gasteiger partial charge in [-0.2, -0.15) is 22.5 Å². The highest BCUT2D eigenvalue weighted by Crippen LogP contribution is 2.45. The first-order valence-electron chi connectivity index (χ1n) is 8.54. The van der Waals surface area contributed by atoms with E-state index >= 15 is 0 Å². The monoisotopic (exact) mass is 460 g/mol. The van der Waals surface area contributed by atoms with Gasteiger partial charge in [-0.1, -0.05) is 26.2 Å². The molecule has 1 unspecified atom stereocenters. The zero-order valence-electron chi connectivity index (χ0n) is 16.2. The number of likely N-dealkylation sites (N-methyl/N-ethyl adjacent to an activating group) is 1. The summed E-state index contributed by atoms with van der Waals surface area (Å²) in [6.07, 6.45) is 1.51. The maximum atomic E-state index is 12.3. The van der Waals surface area contributed by atoms with Crippen molar-refractivity contribution in [2.45, 2.75) is 51.1 Å². The normalized spacial score (nSPS) is 23.5. The van der Waals surface area contributed by atoms with Crippen molar-refractivity contribution < 1.29 is 45.7 Å². The van der Waals surface area contributed by atoms with E-state index in [9.17, 15) is 26.4 Å². The number of nitrogens with zero attached hydrogens (tertiary/aromatic N) is 4. The molecule has 0 radical (unpaired) electrons. The van der Waals surface area contributed by atoms with Crippen LogP contribution in [0, 0.1) is 0 Å². The van der Waals surface area contributed by atoms with Crippen LogP contribution in [0.3, 0.4) is 0 Å². The van der Waals surface area contributed by atoms with Crippen LogP contribution in [0.15, 0.2) is 12.4 Å². The Labute approximate surface area is 165 Å². The van der Waals surface area contributed by atoms with E-state index in [-0.39, 0.29) is 7.05 Å². The highest BCUT2D eigenvalue weighted by Gasteiger charge is 2.70. The molecule has 0 aromatic rings. The van der Waals surface area contributed by atoms with E-state index in [1.54, 1.807) is 0 Å².